The summed E-state index contributed by atoms with van der Waals surface area (Å²) in [7, 11) is 2.08. The van der Waals surface area contributed by atoms with Gasteiger partial charge in [-0.25, -0.2) is 0 Å². The summed E-state index contributed by atoms with van der Waals surface area (Å²) in [4.78, 5) is 20.0. The van der Waals surface area contributed by atoms with Gasteiger partial charge in [-0.05, 0) is 19.2 Å². The summed E-state index contributed by atoms with van der Waals surface area (Å²) < 4.78 is 0. The summed E-state index contributed by atoms with van der Waals surface area (Å²) in [6.07, 6.45) is 3.31. The molecule has 0 unspecified atom stereocenters. The monoisotopic (exact) mass is 235 g/mol. The zero-order chi connectivity index (χ0) is 12.7. The molecule has 94 valence electrons. The Labute approximate surface area is 103 Å². The minimum atomic E-state index is 0.0937. The number of carbonyl (C=O) groups excluding carboxylic acids is 1. The van der Waals surface area contributed by atoms with E-state index in [0.717, 1.165) is 26.2 Å². The molecule has 0 aliphatic carbocycles. The standard InChI is InChI=1S/C11H15N3O.C2H6/c1-13-5-7-14(8-6-13)11(15)10-3-2-4-12-9-10;1-2/h2-4,9H,5-8H2,1H3;1-2H3. The molecule has 0 atom stereocenters. The Morgan fingerprint density at radius 3 is 2.41 bits per heavy atom. The summed E-state index contributed by atoms with van der Waals surface area (Å²) in [6.45, 7) is 7.52. The van der Waals surface area contributed by atoms with Crippen molar-refractivity contribution in [2.75, 3.05) is 33.2 Å². The van der Waals surface area contributed by atoms with E-state index in [0.29, 0.717) is 5.56 Å². The smallest absolute Gasteiger partial charge is 0.255 e. The highest BCUT2D eigenvalue weighted by Crippen LogP contribution is 2.06. The van der Waals surface area contributed by atoms with Crippen LogP contribution in [0.2, 0.25) is 0 Å². The first-order valence-electron chi connectivity index (χ1n) is 6.15. The van der Waals surface area contributed by atoms with Gasteiger partial charge in [-0.2, -0.15) is 0 Å². The van der Waals surface area contributed by atoms with Gasteiger partial charge in [0.05, 0.1) is 5.56 Å². The van der Waals surface area contributed by atoms with E-state index >= 15 is 0 Å². The van der Waals surface area contributed by atoms with E-state index in [2.05, 4.69) is 16.9 Å². The number of hydrogen-bond donors (Lipinski definition) is 0. The lowest BCUT2D eigenvalue weighted by Crippen LogP contribution is -2.47. The molecule has 1 aliphatic heterocycles. The highest BCUT2D eigenvalue weighted by atomic mass is 16.2. The van der Waals surface area contributed by atoms with Gasteiger partial charge in [0.1, 0.15) is 0 Å². The zero-order valence-electron chi connectivity index (χ0n) is 10.9. The molecular weight excluding hydrogens is 214 g/mol. The lowest BCUT2D eigenvalue weighted by Gasteiger charge is -2.32. The molecule has 1 aliphatic rings. The van der Waals surface area contributed by atoms with Gasteiger partial charge in [-0.1, -0.05) is 13.8 Å². The summed E-state index contributed by atoms with van der Waals surface area (Å²) >= 11 is 0. The van der Waals surface area contributed by atoms with Crippen LogP contribution in [-0.2, 0) is 0 Å². The lowest BCUT2D eigenvalue weighted by atomic mass is 10.2. The number of rotatable bonds is 1. The molecule has 0 N–H and O–H groups in total. The van der Waals surface area contributed by atoms with E-state index in [9.17, 15) is 4.79 Å². The maximum absolute atomic E-state index is 12.0. The Balaban J connectivity index is 0.000000686. The fraction of sp³-hybridized carbons (Fsp3) is 0.538. The first-order chi connectivity index (χ1) is 8.27. The van der Waals surface area contributed by atoms with E-state index in [1.807, 2.05) is 24.8 Å². The number of hydrogen-bond acceptors (Lipinski definition) is 3. The van der Waals surface area contributed by atoms with Crippen LogP contribution in [0, 0.1) is 0 Å². The molecule has 4 nitrogen and oxygen atoms in total. The predicted octanol–water partition coefficient (Wildman–Crippen LogP) is 1.50. The molecular formula is C13H21N3O. The van der Waals surface area contributed by atoms with E-state index in [-0.39, 0.29) is 5.91 Å². The van der Waals surface area contributed by atoms with Crippen LogP contribution in [0.15, 0.2) is 24.5 Å². The number of aromatic nitrogens is 1. The third-order valence-corrected chi connectivity index (χ3v) is 2.70. The average Bonchev–Trinajstić information content (AvgIpc) is 2.42. The molecule has 1 saturated heterocycles. The van der Waals surface area contributed by atoms with Crippen molar-refractivity contribution in [3.63, 3.8) is 0 Å². The van der Waals surface area contributed by atoms with Crippen molar-refractivity contribution in [1.29, 1.82) is 0 Å². The third kappa shape index (κ3) is 3.82. The third-order valence-electron chi connectivity index (χ3n) is 2.70. The van der Waals surface area contributed by atoms with Crippen LogP contribution >= 0.6 is 0 Å². The van der Waals surface area contributed by atoms with Crippen LogP contribution in [0.3, 0.4) is 0 Å². The lowest BCUT2D eigenvalue weighted by molar-refractivity contribution is 0.0663. The molecule has 1 fully saturated rings. The Bertz CT molecular complexity index is 332. The molecule has 1 aromatic heterocycles. The summed E-state index contributed by atoms with van der Waals surface area (Å²) in [5, 5.41) is 0. The van der Waals surface area contributed by atoms with Crippen LogP contribution in [0.25, 0.3) is 0 Å². The van der Waals surface area contributed by atoms with Crippen LogP contribution < -0.4 is 0 Å². The molecule has 0 spiro atoms. The first kappa shape index (κ1) is 13.6. The molecule has 0 radical (unpaired) electrons. The fourth-order valence-corrected chi connectivity index (χ4v) is 1.68. The van der Waals surface area contributed by atoms with Gasteiger partial charge >= 0.3 is 0 Å². The second-order valence-electron chi connectivity index (χ2n) is 3.84. The van der Waals surface area contributed by atoms with Crippen molar-refractivity contribution in [2.24, 2.45) is 0 Å². The summed E-state index contributed by atoms with van der Waals surface area (Å²) in [5.74, 6) is 0.0937. The van der Waals surface area contributed by atoms with Crippen LogP contribution in [0.5, 0.6) is 0 Å². The topological polar surface area (TPSA) is 36.4 Å². The molecule has 2 rings (SSSR count). The molecule has 0 saturated carbocycles. The van der Waals surface area contributed by atoms with Gasteiger partial charge < -0.3 is 9.80 Å². The Morgan fingerprint density at radius 1 is 1.24 bits per heavy atom. The van der Waals surface area contributed by atoms with Crippen molar-refractivity contribution in [3.05, 3.63) is 30.1 Å². The van der Waals surface area contributed by atoms with Crippen LogP contribution in [0.1, 0.15) is 24.2 Å². The van der Waals surface area contributed by atoms with Crippen molar-refractivity contribution >= 4 is 5.91 Å². The van der Waals surface area contributed by atoms with Gasteiger partial charge in [0.25, 0.3) is 5.91 Å². The maximum Gasteiger partial charge on any atom is 0.255 e. The van der Waals surface area contributed by atoms with Gasteiger partial charge in [0.15, 0.2) is 0 Å². The largest absolute Gasteiger partial charge is 0.336 e. The Hall–Kier alpha value is -1.42. The minimum absolute atomic E-state index is 0.0937. The van der Waals surface area contributed by atoms with Gasteiger partial charge in [-0.15, -0.1) is 0 Å². The zero-order valence-corrected chi connectivity index (χ0v) is 10.9. The van der Waals surface area contributed by atoms with Crippen molar-refractivity contribution in [1.82, 2.24) is 14.8 Å². The van der Waals surface area contributed by atoms with Crippen molar-refractivity contribution in [2.45, 2.75) is 13.8 Å². The predicted molar refractivity (Wildman–Crippen MR) is 69.0 cm³/mol. The van der Waals surface area contributed by atoms with Gasteiger partial charge in [0.2, 0.25) is 0 Å². The van der Waals surface area contributed by atoms with E-state index < -0.39 is 0 Å². The highest BCUT2D eigenvalue weighted by Gasteiger charge is 2.19. The molecule has 4 heteroatoms. The number of piperazine rings is 1. The van der Waals surface area contributed by atoms with E-state index in [1.165, 1.54) is 0 Å². The molecule has 0 aromatic carbocycles. The Morgan fingerprint density at radius 2 is 1.88 bits per heavy atom. The number of carbonyl (C=O) groups is 1. The van der Waals surface area contributed by atoms with Gasteiger partial charge in [0, 0.05) is 38.6 Å². The number of likely N-dealkylation sites (N-methyl/N-ethyl adjacent to an activating group) is 1. The summed E-state index contributed by atoms with van der Waals surface area (Å²) in [6, 6.07) is 3.61. The molecule has 17 heavy (non-hydrogen) atoms. The normalized spacial score (nSPS) is 16.1. The first-order valence-corrected chi connectivity index (χ1v) is 6.15. The quantitative estimate of drug-likeness (QED) is 0.740. The van der Waals surface area contributed by atoms with Crippen molar-refractivity contribution in [3.8, 4) is 0 Å². The highest BCUT2D eigenvalue weighted by molar-refractivity contribution is 5.93. The SMILES string of the molecule is CC.CN1CCN(C(=O)c2cccnc2)CC1. The minimum Gasteiger partial charge on any atom is -0.336 e. The number of pyridine rings is 1. The molecule has 2 heterocycles. The average molecular weight is 235 g/mol. The van der Waals surface area contributed by atoms with Crippen molar-refractivity contribution < 1.29 is 4.79 Å². The van der Waals surface area contributed by atoms with E-state index in [4.69, 9.17) is 0 Å². The molecule has 1 amide bonds. The second kappa shape index (κ2) is 7.01. The van der Waals surface area contributed by atoms with E-state index in [1.54, 1.807) is 18.5 Å². The van der Waals surface area contributed by atoms with Crippen LogP contribution in [-0.4, -0.2) is 53.9 Å². The van der Waals surface area contributed by atoms with Gasteiger partial charge in [-0.3, -0.25) is 9.78 Å². The summed E-state index contributed by atoms with van der Waals surface area (Å²) in [5.41, 5.74) is 0.682. The number of amides is 1. The maximum atomic E-state index is 12.0. The molecule has 1 aromatic rings. The second-order valence-corrected chi connectivity index (χ2v) is 3.84. The fourth-order valence-electron chi connectivity index (χ4n) is 1.68. The Kier molecular flexibility index (Phi) is 5.63. The molecule has 0 bridgehead atoms. The van der Waals surface area contributed by atoms with Crippen LogP contribution in [0.4, 0.5) is 0 Å². The number of nitrogens with zero attached hydrogens (tertiary/aromatic N) is 3.